The van der Waals surface area contributed by atoms with E-state index in [0.717, 1.165) is 0 Å². The maximum absolute atomic E-state index is 10.1. The van der Waals surface area contributed by atoms with E-state index in [-0.39, 0.29) is 11.5 Å². The van der Waals surface area contributed by atoms with Crippen LogP contribution in [0.2, 0.25) is 0 Å². The summed E-state index contributed by atoms with van der Waals surface area (Å²) in [5.74, 6) is 0.214. The van der Waals surface area contributed by atoms with Gasteiger partial charge < -0.3 is 5.11 Å². The molecule has 1 rings (SSSR count). The van der Waals surface area contributed by atoms with Crippen LogP contribution in [0, 0.1) is 10.1 Å². The van der Waals surface area contributed by atoms with Gasteiger partial charge in [0.05, 0.1) is 10.7 Å². The average molecular weight is 141 g/mol. The Labute approximate surface area is 57.6 Å². The largest absolute Gasteiger partial charge is 0.512 e. The zero-order valence-electron chi connectivity index (χ0n) is 5.28. The Bertz CT molecular complexity index is 217. The molecule has 0 spiro atoms. The van der Waals surface area contributed by atoms with Crippen molar-refractivity contribution in [2.24, 2.45) is 0 Å². The average Bonchev–Trinajstić information content (AvgIpc) is 1.88. The maximum Gasteiger partial charge on any atom is 0.246 e. The third kappa shape index (κ3) is 1.34. The van der Waals surface area contributed by atoms with Crippen molar-refractivity contribution in [1.29, 1.82) is 0 Å². The van der Waals surface area contributed by atoms with Crippen molar-refractivity contribution >= 4 is 0 Å². The van der Waals surface area contributed by atoms with Gasteiger partial charge in [0.15, 0.2) is 0 Å². The summed E-state index contributed by atoms with van der Waals surface area (Å²) >= 11 is 0. The molecule has 4 heteroatoms. The van der Waals surface area contributed by atoms with E-state index in [1.807, 2.05) is 0 Å². The van der Waals surface area contributed by atoms with E-state index in [9.17, 15) is 10.1 Å². The van der Waals surface area contributed by atoms with Gasteiger partial charge in [-0.05, 0) is 6.08 Å². The zero-order valence-corrected chi connectivity index (χ0v) is 5.28. The second kappa shape index (κ2) is 2.51. The number of nitrogens with zero attached hydrogens (tertiary/aromatic N) is 1. The molecule has 0 radical (unpaired) electrons. The highest BCUT2D eigenvalue weighted by Crippen LogP contribution is 2.15. The van der Waals surface area contributed by atoms with Gasteiger partial charge in [0.1, 0.15) is 0 Å². The lowest BCUT2D eigenvalue weighted by Gasteiger charge is -2.02. The van der Waals surface area contributed by atoms with Crippen molar-refractivity contribution in [1.82, 2.24) is 0 Å². The summed E-state index contributed by atoms with van der Waals surface area (Å²) in [6.07, 6.45) is 3.41. The van der Waals surface area contributed by atoms with E-state index in [0.29, 0.717) is 12.8 Å². The number of rotatable bonds is 1. The van der Waals surface area contributed by atoms with Crippen molar-refractivity contribution in [3.63, 3.8) is 0 Å². The summed E-state index contributed by atoms with van der Waals surface area (Å²) in [5.41, 5.74) is 0.165. The molecule has 0 fully saturated rings. The Hall–Kier alpha value is -1.32. The van der Waals surface area contributed by atoms with Crippen LogP contribution in [0.3, 0.4) is 0 Å². The van der Waals surface area contributed by atoms with E-state index in [1.165, 1.54) is 12.2 Å². The van der Waals surface area contributed by atoms with Crippen LogP contribution in [0.25, 0.3) is 0 Å². The third-order valence-corrected chi connectivity index (χ3v) is 1.34. The Kier molecular flexibility index (Phi) is 1.71. The van der Waals surface area contributed by atoms with E-state index in [1.54, 1.807) is 0 Å². The molecule has 0 atom stereocenters. The molecule has 0 heterocycles. The monoisotopic (exact) mass is 141 g/mol. The molecular weight excluding hydrogens is 134 g/mol. The van der Waals surface area contributed by atoms with E-state index in [2.05, 4.69) is 0 Å². The standard InChI is InChI=1S/C6H7NO3/c8-6-3-1-5(2-4-6)7(9)10/h1,3,8H,2,4H2. The summed E-state index contributed by atoms with van der Waals surface area (Å²) < 4.78 is 0. The minimum absolute atomic E-state index is 0.165. The first-order valence-corrected chi connectivity index (χ1v) is 2.93. The van der Waals surface area contributed by atoms with Gasteiger partial charge in [-0.15, -0.1) is 0 Å². The maximum atomic E-state index is 10.1. The van der Waals surface area contributed by atoms with Crippen molar-refractivity contribution in [2.45, 2.75) is 12.8 Å². The summed E-state index contributed by atoms with van der Waals surface area (Å²) in [6.45, 7) is 0. The number of hydrogen-bond donors (Lipinski definition) is 1. The highest BCUT2D eigenvalue weighted by Gasteiger charge is 2.13. The molecule has 0 aromatic carbocycles. The van der Waals surface area contributed by atoms with E-state index in [4.69, 9.17) is 5.11 Å². The number of hydrogen-bond acceptors (Lipinski definition) is 3. The normalized spacial score (nSPS) is 17.6. The predicted octanol–water partition coefficient (Wildman–Crippen LogP) is 1.38. The number of aliphatic hydroxyl groups is 1. The molecule has 1 N–H and O–H groups in total. The van der Waals surface area contributed by atoms with Gasteiger partial charge in [-0.3, -0.25) is 10.1 Å². The quantitative estimate of drug-likeness (QED) is 0.443. The second-order valence-electron chi connectivity index (χ2n) is 2.07. The topological polar surface area (TPSA) is 63.4 Å². The lowest BCUT2D eigenvalue weighted by molar-refractivity contribution is -0.428. The predicted molar refractivity (Wildman–Crippen MR) is 35.0 cm³/mol. The molecule has 0 aromatic rings. The zero-order chi connectivity index (χ0) is 7.56. The van der Waals surface area contributed by atoms with Crippen molar-refractivity contribution < 1.29 is 10.0 Å². The van der Waals surface area contributed by atoms with Gasteiger partial charge in [0, 0.05) is 18.9 Å². The summed E-state index contributed by atoms with van der Waals surface area (Å²) in [6, 6.07) is 0. The fourth-order valence-electron chi connectivity index (χ4n) is 0.767. The van der Waals surface area contributed by atoms with Gasteiger partial charge in [0.25, 0.3) is 0 Å². The van der Waals surface area contributed by atoms with Crippen LogP contribution >= 0.6 is 0 Å². The van der Waals surface area contributed by atoms with Gasteiger partial charge in [-0.25, -0.2) is 0 Å². The molecule has 54 valence electrons. The summed E-state index contributed by atoms with van der Waals surface area (Å²) in [4.78, 5) is 9.66. The van der Waals surface area contributed by atoms with Gasteiger partial charge in [-0.1, -0.05) is 0 Å². The Morgan fingerprint density at radius 1 is 1.50 bits per heavy atom. The molecule has 0 unspecified atom stereocenters. The Morgan fingerprint density at radius 2 is 2.20 bits per heavy atom. The summed E-state index contributed by atoms with van der Waals surface area (Å²) in [7, 11) is 0. The third-order valence-electron chi connectivity index (χ3n) is 1.34. The summed E-state index contributed by atoms with van der Waals surface area (Å²) in [5, 5.41) is 18.9. The number of nitro groups is 1. The van der Waals surface area contributed by atoms with E-state index < -0.39 is 4.92 Å². The molecule has 1 aliphatic carbocycles. The fourth-order valence-corrected chi connectivity index (χ4v) is 0.767. The number of allylic oxidation sites excluding steroid dienone is 4. The second-order valence-corrected chi connectivity index (χ2v) is 2.07. The molecule has 0 amide bonds. The smallest absolute Gasteiger partial charge is 0.246 e. The minimum atomic E-state index is -0.428. The van der Waals surface area contributed by atoms with Gasteiger partial charge >= 0.3 is 0 Å². The molecule has 0 saturated carbocycles. The molecule has 0 bridgehead atoms. The first-order valence-electron chi connectivity index (χ1n) is 2.93. The van der Waals surface area contributed by atoms with Gasteiger partial charge in [-0.2, -0.15) is 0 Å². The molecule has 10 heavy (non-hydrogen) atoms. The molecule has 0 saturated heterocycles. The molecule has 0 aromatic heterocycles. The first kappa shape index (κ1) is 6.80. The van der Waals surface area contributed by atoms with Crippen LogP contribution in [-0.2, 0) is 0 Å². The van der Waals surface area contributed by atoms with Crippen molar-refractivity contribution in [3.05, 3.63) is 33.7 Å². The van der Waals surface area contributed by atoms with Crippen LogP contribution in [0.4, 0.5) is 0 Å². The molecular formula is C6H7NO3. The molecule has 4 nitrogen and oxygen atoms in total. The van der Waals surface area contributed by atoms with Crippen molar-refractivity contribution in [2.75, 3.05) is 0 Å². The van der Waals surface area contributed by atoms with Crippen molar-refractivity contribution in [3.8, 4) is 0 Å². The molecule has 1 aliphatic rings. The number of aliphatic hydroxyl groups excluding tert-OH is 1. The van der Waals surface area contributed by atoms with E-state index >= 15 is 0 Å². The Morgan fingerprint density at radius 3 is 2.60 bits per heavy atom. The van der Waals surface area contributed by atoms with Gasteiger partial charge in [0.2, 0.25) is 5.70 Å². The lowest BCUT2D eigenvalue weighted by Crippen LogP contribution is -2.02. The van der Waals surface area contributed by atoms with Crippen LogP contribution in [0.15, 0.2) is 23.6 Å². The minimum Gasteiger partial charge on any atom is -0.512 e. The SMILES string of the molecule is O=[N+]([O-])C1=CC=C(O)CC1. The van der Waals surface area contributed by atoms with Crippen LogP contribution in [0.5, 0.6) is 0 Å². The lowest BCUT2D eigenvalue weighted by atomic mass is 10.1. The molecule has 0 aliphatic heterocycles. The van der Waals surface area contributed by atoms with Crippen LogP contribution < -0.4 is 0 Å². The van der Waals surface area contributed by atoms with Crippen LogP contribution in [-0.4, -0.2) is 10.0 Å². The first-order chi connectivity index (χ1) is 4.70. The fraction of sp³-hybridized carbons (Fsp3) is 0.333. The highest BCUT2D eigenvalue weighted by molar-refractivity contribution is 5.15. The van der Waals surface area contributed by atoms with Crippen LogP contribution in [0.1, 0.15) is 12.8 Å². The Balaban J connectivity index is 2.74. The highest BCUT2D eigenvalue weighted by atomic mass is 16.6.